The van der Waals surface area contributed by atoms with Crippen LogP contribution in [0.15, 0.2) is 46.8 Å². The van der Waals surface area contributed by atoms with Crippen LogP contribution in [0.2, 0.25) is 0 Å². The average Bonchev–Trinajstić information content (AvgIpc) is 2.92. The maximum atomic E-state index is 6.12. The van der Waals surface area contributed by atoms with Gasteiger partial charge in [-0.3, -0.25) is 0 Å². The van der Waals surface area contributed by atoms with Crippen LogP contribution in [0.3, 0.4) is 0 Å². The van der Waals surface area contributed by atoms with Crippen LogP contribution in [-0.2, 0) is 0 Å². The molecule has 2 aromatic carbocycles. The van der Waals surface area contributed by atoms with E-state index in [9.17, 15) is 0 Å². The largest absolute Gasteiger partial charge is 0.454 e. The van der Waals surface area contributed by atoms with Gasteiger partial charge in [0, 0.05) is 4.90 Å². The lowest BCUT2D eigenvalue weighted by atomic mass is 10.2. The summed E-state index contributed by atoms with van der Waals surface area (Å²) < 4.78 is 7.00. The molecular weight excluding hydrogens is 276 g/mol. The van der Waals surface area contributed by atoms with Crippen molar-refractivity contribution in [1.82, 2.24) is 4.98 Å². The van der Waals surface area contributed by atoms with E-state index in [1.54, 1.807) is 28.6 Å². The van der Waals surface area contributed by atoms with Gasteiger partial charge in [-0.25, -0.2) is 4.98 Å². The molecule has 19 heavy (non-hydrogen) atoms. The zero-order chi connectivity index (χ0) is 13.2. The number of para-hydroxylation sites is 1. The second-order valence-corrected chi connectivity index (χ2v) is 5.66. The van der Waals surface area contributed by atoms with Gasteiger partial charge in [-0.2, -0.15) is 0 Å². The maximum Gasteiger partial charge on any atom is 0.152 e. The Labute approximate surface area is 119 Å². The minimum absolute atomic E-state index is 0.592. The normalized spacial score (nSPS) is 10.8. The second-order valence-electron chi connectivity index (χ2n) is 3.93. The molecule has 3 nitrogen and oxygen atoms in total. The van der Waals surface area contributed by atoms with E-state index in [0.29, 0.717) is 11.4 Å². The van der Waals surface area contributed by atoms with Crippen molar-refractivity contribution in [2.24, 2.45) is 0 Å². The molecule has 0 amide bonds. The Bertz CT molecular complexity index is 724. The number of rotatable bonds is 3. The molecule has 0 aliphatic heterocycles. The lowest BCUT2D eigenvalue weighted by Crippen LogP contribution is -1.94. The van der Waals surface area contributed by atoms with Crippen molar-refractivity contribution in [2.45, 2.75) is 4.90 Å². The van der Waals surface area contributed by atoms with Gasteiger partial charge in [0.05, 0.1) is 10.2 Å². The first-order valence-corrected chi connectivity index (χ1v) is 7.82. The summed E-state index contributed by atoms with van der Waals surface area (Å²) in [6, 6.07) is 11.8. The van der Waals surface area contributed by atoms with Gasteiger partial charge in [0.15, 0.2) is 5.75 Å². The number of nitrogens with zero attached hydrogens (tertiary/aromatic N) is 1. The Morgan fingerprint density at radius 1 is 1.16 bits per heavy atom. The van der Waals surface area contributed by atoms with Gasteiger partial charge in [0.25, 0.3) is 0 Å². The molecule has 5 heteroatoms. The predicted octanol–water partition coefficient (Wildman–Crippen LogP) is 4.39. The van der Waals surface area contributed by atoms with Crippen molar-refractivity contribution >= 4 is 39.0 Å². The summed E-state index contributed by atoms with van der Waals surface area (Å²) in [6.07, 6.45) is 2.02. The molecule has 1 aromatic heterocycles. The molecule has 3 rings (SSSR count). The summed E-state index contributed by atoms with van der Waals surface area (Å²) in [5.41, 5.74) is 9.31. The summed E-state index contributed by atoms with van der Waals surface area (Å²) in [5, 5.41) is 0. The molecule has 0 aliphatic carbocycles. The van der Waals surface area contributed by atoms with E-state index in [-0.39, 0.29) is 0 Å². The minimum Gasteiger partial charge on any atom is -0.454 e. The predicted molar refractivity (Wildman–Crippen MR) is 82.3 cm³/mol. The molecule has 0 atom stereocenters. The molecule has 0 aliphatic rings. The lowest BCUT2D eigenvalue weighted by molar-refractivity contribution is 0.474. The molecule has 0 bridgehead atoms. The zero-order valence-corrected chi connectivity index (χ0v) is 11.9. The van der Waals surface area contributed by atoms with Crippen LogP contribution in [0, 0.1) is 0 Å². The van der Waals surface area contributed by atoms with E-state index < -0.39 is 0 Å². The average molecular weight is 288 g/mol. The highest BCUT2D eigenvalue weighted by molar-refractivity contribution is 7.98. The fourth-order valence-electron chi connectivity index (χ4n) is 1.84. The van der Waals surface area contributed by atoms with Crippen molar-refractivity contribution in [3.05, 3.63) is 41.9 Å². The summed E-state index contributed by atoms with van der Waals surface area (Å²) in [4.78, 5) is 5.36. The van der Waals surface area contributed by atoms with Crippen molar-refractivity contribution in [3.8, 4) is 11.5 Å². The number of hydrogen-bond acceptors (Lipinski definition) is 5. The SMILES string of the molecule is CSc1ccccc1Oc1ccc2scnc2c1N. The third-order valence-electron chi connectivity index (χ3n) is 2.79. The van der Waals surface area contributed by atoms with E-state index in [4.69, 9.17) is 10.5 Å². The highest BCUT2D eigenvalue weighted by atomic mass is 32.2. The first kappa shape index (κ1) is 12.3. The molecule has 0 fully saturated rings. The number of fused-ring (bicyclic) bond motifs is 1. The highest BCUT2D eigenvalue weighted by Gasteiger charge is 2.10. The van der Waals surface area contributed by atoms with Crippen LogP contribution in [0.25, 0.3) is 10.2 Å². The van der Waals surface area contributed by atoms with Crippen LogP contribution in [0.4, 0.5) is 5.69 Å². The molecule has 0 radical (unpaired) electrons. The van der Waals surface area contributed by atoms with E-state index in [1.165, 1.54) is 0 Å². The van der Waals surface area contributed by atoms with Crippen molar-refractivity contribution in [1.29, 1.82) is 0 Å². The summed E-state index contributed by atoms with van der Waals surface area (Å²) in [7, 11) is 0. The van der Waals surface area contributed by atoms with Crippen molar-refractivity contribution in [3.63, 3.8) is 0 Å². The Hall–Kier alpha value is -1.72. The third-order valence-corrected chi connectivity index (χ3v) is 4.36. The molecule has 2 N–H and O–H groups in total. The van der Waals surface area contributed by atoms with Gasteiger partial charge >= 0.3 is 0 Å². The number of benzene rings is 2. The number of anilines is 1. The maximum absolute atomic E-state index is 6.12. The number of aromatic nitrogens is 1. The topological polar surface area (TPSA) is 48.1 Å². The molecule has 96 valence electrons. The Balaban J connectivity index is 2.03. The quantitative estimate of drug-likeness (QED) is 0.573. The Morgan fingerprint density at radius 2 is 2.00 bits per heavy atom. The van der Waals surface area contributed by atoms with Crippen LogP contribution in [0.1, 0.15) is 0 Å². The smallest absolute Gasteiger partial charge is 0.152 e. The molecule has 3 aromatic rings. The van der Waals surface area contributed by atoms with E-state index in [1.807, 2.05) is 42.7 Å². The highest BCUT2D eigenvalue weighted by Crippen LogP contribution is 2.37. The second kappa shape index (κ2) is 5.11. The first-order valence-electron chi connectivity index (χ1n) is 5.72. The molecule has 0 saturated carbocycles. The van der Waals surface area contributed by atoms with Gasteiger partial charge in [0.1, 0.15) is 17.0 Å². The first-order chi connectivity index (χ1) is 9.29. The standard InChI is InChI=1S/C14H12N2OS2/c1-18-11-5-3-2-4-9(11)17-10-6-7-12-14(13(10)15)16-8-19-12/h2-8H,15H2,1H3. The number of hydrogen-bond donors (Lipinski definition) is 1. The van der Waals surface area contributed by atoms with Gasteiger partial charge in [-0.1, -0.05) is 12.1 Å². The van der Waals surface area contributed by atoms with Crippen molar-refractivity contribution in [2.75, 3.05) is 12.0 Å². The Morgan fingerprint density at radius 3 is 2.84 bits per heavy atom. The third kappa shape index (κ3) is 2.27. The van der Waals surface area contributed by atoms with Crippen LogP contribution in [0.5, 0.6) is 11.5 Å². The number of thiazole rings is 1. The lowest BCUT2D eigenvalue weighted by Gasteiger charge is -2.11. The zero-order valence-electron chi connectivity index (χ0n) is 10.3. The number of ether oxygens (including phenoxy) is 1. The summed E-state index contributed by atoms with van der Waals surface area (Å²) >= 11 is 3.22. The van der Waals surface area contributed by atoms with Crippen LogP contribution in [-0.4, -0.2) is 11.2 Å². The summed E-state index contributed by atoms with van der Waals surface area (Å²) in [6.45, 7) is 0. The van der Waals surface area contributed by atoms with Gasteiger partial charge in [0.2, 0.25) is 0 Å². The van der Waals surface area contributed by atoms with Crippen LogP contribution >= 0.6 is 23.1 Å². The Kier molecular flexibility index (Phi) is 3.31. The molecule has 0 spiro atoms. The number of nitrogen functional groups attached to an aromatic ring is 1. The van der Waals surface area contributed by atoms with E-state index >= 15 is 0 Å². The van der Waals surface area contributed by atoms with E-state index in [2.05, 4.69) is 4.98 Å². The number of nitrogens with two attached hydrogens (primary N) is 1. The molecule has 0 unspecified atom stereocenters. The fraction of sp³-hybridized carbons (Fsp3) is 0.0714. The minimum atomic E-state index is 0.592. The van der Waals surface area contributed by atoms with Gasteiger partial charge in [-0.15, -0.1) is 23.1 Å². The summed E-state index contributed by atoms with van der Waals surface area (Å²) in [5.74, 6) is 1.47. The number of thioether (sulfide) groups is 1. The fourth-order valence-corrected chi connectivity index (χ4v) is 3.06. The molecule has 1 heterocycles. The molecular formula is C14H12N2OS2. The van der Waals surface area contributed by atoms with Crippen molar-refractivity contribution < 1.29 is 4.74 Å². The van der Waals surface area contributed by atoms with Gasteiger partial charge < -0.3 is 10.5 Å². The monoisotopic (exact) mass is 288 g/mol. The van der Waals surface area contributed by atoms with Gasteiger partial charge in [-0.05, 0) is 30.5 Å². The molecule has 0 saturated heterocycles. The van der Waals surface area contributed by atoms with E-state index in [0.717, 1.165) is 20.9 Å². The van der Waals surface area contributed by atoms with Crippen LogP contribution < -0.4 is 10.5 Å².